The number of allylic oxidation sites excluding steroid dienone is 1. The van der Waals surface area contributed by atoms with Gasteiger partial charge in [-0.3, -0.25) is 24.1 Å². The number of fused-ring (bicyclic) bond motifs is 2. The van der Waals surface area contributed by atoms with Gasteiger partial charge in [0.05, 0.1) is 45.7 Å². The average molecular weight is 1120 g/mol. The number of anilines is 1. The number of ether oxygens (including phenoxy) is 1. The van der Waals surface area contributed by atoms with Crippen LogP contribution in [0.1, 0.15) is 88.5 Å². The van der Waals surface area contributed by atoms with Crippen LogP contribution in [0.2, 0.25) is 0 Å². The van der Waals surface area contributed by atoms with Crippen molar-refractivity contribution in [3.63, 3.8) is 0 Å². The summed E-state index contributed by atoms with van der Waals surface area (Å²) in [5.41, 5.74) is 4.57. The summed E-state index contributed by atoms with van der Waals surface area (Å²) in [6.07, 6.45) is 6.64. The maximum Gasteiger partial charge on any atom is 0.277 e. The van der Waals surface area contributed by atoms with Crippen LogP contribution in [0.25, 0.3) is 26.8 Å². The maximum absolute atomic E-state index is 15.2. The highest BCUT2D eigenvalue weighted by Gasteiger charge is 2.49. The summed E-state index contributed by atoms with van der Waals surface area (Å²) in [5.74, 6) is -4.63. The Hall–Kier alpha value is -7.67. The van der Waals surface area contributed by atoms with Crippen molar-refractivity contribution in [1.29, 1.82) is 0 Å². The van der Waals surface area contributed by atoms with Crippen LogP contribution in [0, 0.1) is 24.5 Å². The molecule has 2 fully saturated rings. The van der Waals surface area contributed by atoms with Gasteiger partial charge in [-0.2, -0.15) is 4.99 Å². The molecule has 5 aliphatic heterocycles. The van der Waals surface area contributed by atoms with Crippen molar-refractivity contribution in [1.82, 2.24) is 45.4 Å². The highest BCUT2D eigenvalue weighted by molar-refractivity contribution is 7.89. The van der Waals surface area contributed by atoms with E-state index in [1.165, 1.54) is 22.4 Å². The van der Waals surface area contributed by atoms with Gasteiger partial charge in [0, 0.05) is 111 Å². The lowest BCUT2D eigenvalue weighted by Crippen LogP contribution is -2.51. The normalized spacial score (nSPS) is 21.6. The number of amidine groups is 1. The third-order valence-electron chi connectivity index (χ3n) is 15.3. The van der Waals surface area contributed by atoms with E-state index in [0.717, 1.165) is 28.6 Å². The molecule has 4 amide bonds. The molecule has 6 aromatic rings. The van der Waals surface area contributed by atoms with Crippen LogP contribution in [-0.4, -0.2) is 136 Å². The summed E-state index contributed by atoms with van der Waals surface area (Å²) in [4.78, 5) is 75.8. The van der Waals surface area contributed by atoms with Crippen LogP contribution in [0.5, 0.6) is 5.88 Å². The van der Waals surface area contributed by atoms with E-state index < -0.39 is 74.6 Å². The Morgan fingerprint density at radius 3 is 2.61 bits per heavy atom. The van der Waals surface area contributed by atoms with Crippen molar-refractivity contribution in [2.75, 3.05) is 50.5 Å². The highest BCUT2D eigenvalue weighted by Crippen LogP contribution is 2.43. The zero-order valence-corrected chi connectivity index (χ0v) is 45.7. The van der Waals surface area contributed by atoms with Gasteiger partial charge < -0.3 is 44.7 Å². The summed E-state index contributed by atoms with van der Waals surface area (Å²) >= 11 is 1.54. The number of carbonyl (C=O) groups excluding carboxylic acids is 4. The van der Waals surface area contributed by atoms with Crippen molar-refractivity contribution in [2.24, 2.45) is 18.0 Å². The number of rotatable bonds is 15. The van der Waals surface area contributed by atoms with Crippen molar-refractivity contribution in [2.45, 2.75) is 75.9 Å². The van der Waals surface area contributed by atoms with Crippen LogP contribution in [-0.2, 0) is 37.8 Å². The van der Waals surface area contributed by atoms with E-state index in [-0.39, 0.29) is 77.8 Å². The van der Waals surface area contributed by atoms with E-state index >= 15 is 4.39 Å². The number of benzene rings is 2. The lowest BCUT2D eigenvalue weighted by molar-refractivity contribution is -0.134. The van der Waals surface area contributed by atoms with Crippen LogP contribution < -0.4 is 25.6 Å². The number of likely N-dealkylation sites (tertiary alicyclic amines) is 2. The van der Waals surface area contributed by atoms with Crippen molar-refractivity contribution in [3.05, 3.63) is 129 Å². The summed E-state index contributed by atoms with van der Waals surface area (Å²) in [6.45, 7) is 9.07. The number of pyridine rings is 1. The predicted octanol–water partition coefficient (Wildman–Crippen LogP) is 5.33. The van der Waals surface area contributed by atoms with Crippen LogP contribution in [0.15, 0.2) is 87.9 Å². The Balaban J connectivity index is 0.762. The Morgan fingerprint density at radius 1 is 1.10 bits per heavy atom. The zero-order chi connectivity index (χ0) is 55.8. The Morgan fingerprint density at radius 2 is 1.89 bits per heavy atom. The number of aromatic nitrogens is 4. The molecule has 0 spiro atoms. The minimum atomic E-state index is -3.73. The number of hydrogen-bond acceptors (Lipinski definition) is 16. The number of amides is 4. The van der Waals surface area contributed by atoms with Gasteiger partial charge in [0.25, 0.3) is 23.6 Å². The number of sulfone groups is 1. The molecule has 24 heteroatoms. The second-order valence-electron chi connectivity index (χ2n) is 21.3. The van der Waals surface area contributed by atoms with Crippen LogP contribution in [0.4, 0.5) is 14.6 Å². The van der Waals surface area contributed by atoms with E-state index in [9.17, 15) is 37.1 Å². The molecule has 4 aromatic heterocycles. The van der Waals surface area contributed by atoms with E-state index in [0.29, 0.717) is 65.6 Å². The quantitative estimate of drug-likeness (QED) is 0.102. The van der Waals surface area contributed by atoms with Gasteiger partial charge in [0.2, 0.25) is 5.91 Å². The third kappa shape index (κ3) is 10.1. The van der Waals surface area contributed by atoms with Gasteiger partial charge in [-0.1, -0.05) is 38.1 Å². The predicted molar refractivity (Wildman–Crippen MR) is 290 cm³/mol. The number of nitrogens with one attached hydrogen (secondary N) is 3. The summed E-state index contributed by atoms with van der Waals surface area (Å²) in [6, 6.07) is 10.5. The number of aliphatic hydroxyl groups excluding tert-OH is 1. The number of β-amino-alcohol motifs (C(OH)–C–C–N with tert-alkyl or cyclic N) is 1. The van der Waals surface area contributed by atoms with Crippen molar-refractivity contribution < 1.29 is 50.7 Å². The number of aryl methyl sites for hydroxylation is 2. The number of aliphatic imine (C=N–C) groups is 1. The minimum Gasteiger partial charge on any atom is -0.474 e. The summed E-state index contributed by atoms with van der Waals surface area (Å²) < 4.78 is 68.6. The standard InChI is InChI=1S/C55H57F2N11O9S2/c1-28(2)43(53(72)68-24-36(69)19-40(68)49-62-54(73)55(4,63-49)33-9-7-30(8-10-33)48-29(3)59-27-78-48)41-20-42(64-77-41)76-16-15-66-13-11-35(23-66)60-51(70)45-32(26-79(6,74)75)17-31-22-65(5)47-44(31)46(45)37-25-67(14-12-39(37)61-52(47)71)50-38(57)18-34(56)21-58-50/h7-10,12,17-18,20-22,25,27-28,35-36,40,43,69H,11,13-16,19,23-24,26H2,1-6H3,(H,60,70)(H,61,71)(H,62,63,73)/t35-,36+,40?,43?,55?/m0/s1. The molecule has 0 saturated carbocycles. The molecule has 0 bridgehead atoms. The molecule has 2 saturated heterocycles. The first-order valence-corrected chi connectivity index (χ1v) is 28.8. The van der Waals surface area contributed by atoms with E-state index in [2.05, 4.69) is 41.0 Å². The molecule has 412 valence electrons. The molecule has 79 heavy (non-hydrogen) atoms. The zero-order valence-electron chi connectivity index (χ0n) is 44.0. The first-order chi connectivity index (χ1) is 37.6. The van der Waals surface area contributed by atoms with Gasteiger partial charge in [-0.25, -0.2) is 27.2 Å². The molecule has 5 atom stereocenters. The number of aliphatic hydroxyl groups is 1. The number of halogens is 2. The topological polar surface area (TPSA) is 247 Å². The monoisotopic (exact) mass is 1120 g/mol. The van der Waals surface area contributed by atoms with Crippen molar-refractivity contribution in [3.8, 4) is 16.3 Å². The molecule has 9 heterocycles. The second-order valence-corrected chi connectivity index (χ2v) is 24.3. The van der Waals surface area contributed by atoms with E-state index in [1.807, 2.05) is 45.0 Å². The lowest BCUT2D eigenvalue weighted by Gasteiger charge is -2.31. The Labute approximate surface area is 457 Å². The molecule has 5 aliphatic rings. The molecular formula is C55H57F2N11O9S2. The van der Waals surface area contributed by atoms with Gasteiger partial charge in [0.1, 0.15) is 35.4 Å². The average Bonchev–Trinajstić information content (AvgIpc) is 4.48. The van der Waals surface area contributed by atoms with E-state index in [1.54, 1.807) is 53.4 Å². The number of carbonyl (C=O) groups is 4. The maximum atomic E-state index is 15.2. The summed E-state index contributed by atoms with van der Waals surface area (Å²) in [5, 5.41) is 25.4. The van der Waals surface area contributed by atoms with E-state index in [4.69, 9.17) is 9.26 Å². The van der Waals surface area contributed by atoms with Gasteiger partial charge in [-0.05, 0) is 60.2 Å². The highest BCUT2D eigenvalue weighted by atomic mass is 32.2. The SMILES string of the molecule is Cc1ncsc1-c1ccc(C2(C)NC(C3C[C@@H](O)CN3C(=O)C(c3cc(OCCN4CC[C@H](NC(=O)c5c(CS(C)(=O)=O)cc6cn(C)c7c6c5C5=CN(c6ncc(F)cc6F)CC=C5NC7=O)C4)no3)C(C)C)=NC2=O)cc1. The smallest absolute Gasteiger partial charge is 0.277 e. The molecule has 0 radical (unpaired) electrons. The van der Waals surface area contributed by atoms with Gasteiger partial charge in [0.15, 0.2) is 27.2 Å². The fourth-order valence-electron chi connectivity index (χ4n) is 11.5. The van der Waals surface area contributed by atoms with Crippen LogP contribution in [0.3, 0.4) is 0 Å². The van der Waals surface area contributed by atoms with Gasteiger partial charge >= 0.3 is 0 Å². The first-order valence-electron chi connectivity index (χ1n) is 25.8. The summed E-state index contributed by atoms with van der Waals surface area (Å²) in [7, 11) is -2.05. The fraction of sp³-hybridized carbons (Fsp3) is 0.382. The Kier molecular flexibility index (Phi) is 13.9. The number of nitrogens with zero attached hydrogens (tertiary/aromatic N) is 8. The molecule has 4 N–H and O–H groups in total. The van der Waals surface area contributed by atoms with Crippen molar-refractivity contribution >= 4 is 72.8 Å². The second kappa shape index (κ2) is 20.5. The van der Waals surface area contributed by atoms with Gasteiger partial charge in [-0.15, -0.1) is 11.3 Å². The number of thiazole rings is 1. The fourth-order valence-corrected chi connectivity index (χ4v) is 13.1. The third-order valence-corrected chi connectivity index (χ3v) is 17.1. The minimum absolute atomic E-state index is 0.0227. The lowest BCUT2D eigenvalue weighted by atomic mass is 9.88. The molecule has 2 aromatic carbocycles. The Bertz CT molecular complexity index is 3700. The first kappa shape index (κ1) is 53.3. The molecule has 20 nitrogen and oxygen atoms in total. The molecule has 11 rings (SSSR count). The van der Waals surface area contributed by atoms with Crippen LogP contribution >= 0.6 is 11.3 Å². The molecule has 3 unspecified atom stereocenters. The largest absolute Gasteiger partial charge is 0.474 e. The number of hydrogen-bond donors (Lipinski definition) is 4. The molecular weight excluding hydrogens is 1060 g/mol. The molecule has 0 aliphatic carbocycles.